The van der Waals surface area contributed by atoms with E-state index in [0.29, 0.717) is 79.8 Å². The van der Waals surface area contributed by atoms with Crippen molar-refractivity contribution in [2.75, 3.05) is 79.2 Å². The first kappa shape index (κ1) is 89.0. The number of carbonyl (C=O) groups excluding carboxylic acids is 1. The molecule has 0 radical (unpaired) electrons. The Bertz CT molecular complexity index is 6510. The third kappa shape index (κ3) is 10.9. The van der Waals surface area contributed by atoms with Gasteiger partial charge in [-0.1, -0.05) is 99.7 Å². The van der Waals surface area contributed by atoms with Gasteiger partial charge in [0, 0.05) is 165 Å². The molecule has 7 aromatic rings. The van der Waals surface area contributed by atoms with Crippen LogP contribution in [0.3, 0.4) is 0 Å². The zero-order valence-electron chi connectivity index (χ0n) is 82.5. The number of aliphatic hydroxyl groups is 5. The molecule has 1 aromatic heterocycles. The second kappa shape index (κ2) is 29.2. The number of methoxy groups -OCH3 is 1. The smallest absolute Gasteiger partial charge is 0.174 e. The number of phenols is 5. The van der Waals surface area contributed by atoms with Gasteiger partial charge in [-0.3, -0.25) is 29.3 Å². The summed E-state index contributed by atoms with van der Waals surface area (Å²) in [5.74, 6) is 7.13. The zero-order chi connectivity index (χ0) is 96.0. The van der Waals surface area contributed by atoms with E-state index >= 15 is 0 Å². The van der Waals surface area contributed by atoms with Crippen LogP contribution in [0.5, 0.6) is 57.5 Å². The SMILES string of the molecule is C=CCN1CC[C@]23c4c5ccc(O)c4O[C@H]2[C@@H](O)C=C[C@@]3(C)[C@H]1C5.CC(C)(O)[C@H]1C[C@@]23C=C[C@]1(C)[C@@H]1Oc4c(O)ccc5c4[C@@]12CCN(CC1CC1)[C@@H]3C5.CC(C)(O)[C@H]1C[C@@]23CC[C@]1(C)[C@@H]1Oc4c(O)ccc5c4[C@@]12CCN(CC1CC1)[C@@H]3C5.COCCN1CC[C@]23c4c5ccc(O)c4O[C@H]2C(=O)CC[C@@]3(O)C1C5.Oc1ccc2c3c1O[C@H]1c4[nH]c5ccccc5c4C[C@@]4(O)[C@@H](C2)N(CC2CC2)CC[C@]314. The van der Waals surface area contributed by atoms with Crippen LogP contribution in [-0.2, 0) is 75.1 Å². The third-order valence-corrected chi connectivity index (χ3v) is 43.7. The Kier molecular flexibility index (Phi) is 18.5. The summed E-state index contributed by atoms with van der Waals surface area (Å²) in [6, 6.07) is 29.0. The average molecular weight is 1900 g/mol. The van der Waals surface area contributed by atoms with Crippen LogP contribution in [0.4, 0.5) is 0 Å². The third-order valence-electron chi connectivity index (χ3n) is 43.7. The van der Waals surface area contributed by atoms with E-state index in [4.69, 9.17) is 28.4 Å². The summed E-state index contributed by atoms with van der Waals surface area (Å²) in [6.07, 6.45) is 32.4. The van der Waals surface area contributed by atoms with Crippen molar-refractivity contribution in [2.24, 2.45) is 56.7 Å². The van der Waals surface area contributed by atoms with E-state index < -0.39 is 45.4 Å². The number of aromatic nitrogens is 1. The lowest BCUT2D eigenvalue weighted by Crippen LogP contribution is -2.79. The molecule has 8 saturated carbocycles. The van der Waals surface area contributed by atoms with Crippen molar-refractivity contribution in [3.8, 4) is 57.5 Å². The van der Waals surface area contributed by atoms with Gasteiger partial charge in [0.2, 0.25) is 0 Å². The summed E-state index contributed by atoms with van der Waals surface area (Å²) < 4.78 is 37.6. The van der Waals surface area contributed by atoms with Crippen LogP contribution in [0, 0.1) is 56.7 Å². The first-order valence-electron chi connectivity index (χ1n) is 53.6. The minimum absolute atomic E-state index is 0.00806. The van der Waals surface area contributed by atoms with E-state index in [0.717, 1.165) is 186 Å². The van der Waals surface area contributed by atoms with Gasteiger partial charge >= 0.3 is 0 Å². The summed E-state index contributed by atoms with van der Waals surface area (Å²) in [6.45, 7) is 29.7. The molecule has 140 heavy (non-hydrogen) atoms. The number of benzene rings is 6. The van der Waals surface area contributed by atoms with Crippen LogP contribution in [0.2, 0.25) is 0 Å². The van der Waals surface area contributed by atoms with Crippen LogP contribution >= 0.6 is 0 Å². The molecule has 10 aliphatic heterocycles. The summed E-state index contributed by atoms with van der Waals surface area (Å²) >= 11 is 0. The molecule has 0 amide bonds. The molecule has 11 N–H and O–H groups in total. The van der Waals surface area contributed by atoms with Gasteiger partial charge in [0.1, 0.15) is 24.4 Å². The number of fused-ring (bicyclic) bond motifs is 7. The number of aromatic amines is 1. The fraction of sp³-hybridized carbons (Fsp3) is 0.615. The number of phenolic OH excluding ortho intramolecular Hbond substituents is 5. The molecule has 34 rings (SSSR count). The Hall–Kier alpha value is -8.69. The normalized spacial score (nSPS) is 41.3. The minimum atomic E-state index is -1.01. The number of carbonyl (C=O) groups is 1. The van der Waals surface area contributed by atoms with Crippen molar-refractivity contribution in [1.82, 2.24) is 29.5 Å². The molecule has 27 aliphatic rings. The van der Waals surface area contributed by atoms with E-state index in [9.17, 15) is 55.9 Å². The Morgan fingerprint density at radius 1 is 0.493 bits per heavy atom. The molecule has 7 spiro atoms. The number of nitrogens with one attached hydrogen (secondary N) is 1. The van der Waals surface area contributed by atoms with E-state index in [2.05, 4.69) is 111 Å². The van der Waals surface area contributed by atoms with Gasteiger partial charge in [0.25, 0.3) is 0 Å². The van der Waals surface area contributed by atoms with Crippen LogP contribution < -0.4 is 23.7 Å². The summed E-state index contributed by atoms with van der Waals surface area (Å²) in [4.78, 5) is 29.3. The highest BCUT2D eigenvalue weighted by atomic mass is 16.5. The number of nitrogens with zero attached hydrogens (tertiary/aromatic N) is 5. The molecule has 740 valence electrons. The first-order chi connectivity index (χ1) is 67.1. The summed E-state index contributed by atoms with van der Waals surface area (Å²) in [7, 11) is 1.69. The van der Waals surface area contributed by atoms with Crippen LogP contribution in [-0.4, -0.2) is 249 Å². The molecule has 14 bridgehead atoms. The predicted molar refractivity (Wildman–Crippen MR) is 526 cm³/mol. The van der Waals surface area contributed by atoms with Crippen molar-refractivity contribution in [1.29, 1.82) is 0 Å². The van der Waals surface area contributed by atoms with Crippen molar-refractivity contribution in [3.63, 3.8) is 0 Å². The topological polar surface area (TPSA) is 307 Å². The van der Waals surface area contributed by atoms with Gasteiger partial charge in [-0.05, 0) is 289 Å². The quantitative estimate of drug-likeness (QED) is 0.0478. The van der Waals surface area contributed by atoms with Gasteiger partial charge in [-0.2, -0.15) is 0 Å². The number of aliphatic hydroxyl groups excluding tert-OH is 1. The molecule has 5 saturated heterocycles. The van der Waals surface area contributed by atoms with Crippen LogP contribution in [0.1, 0.15) is 231 Å². The number of hydrogen-bond acceptors (Lipinski definition) is 22. The Morgan fingerprint density at radius 3 is 1.56 bits per heavy atom. The molecule has 1 unspecified atom stereocenters. The van der Waals surface area contributed by atoms with E-state index in [1.54, 1.807) is 25.3 Å². The number of hydrogen-bond donors (Lipinski definition) is 11. The molecular weight excluding hydrogens is 1760 g/mol. The number of ketones is 1. The molecule has 23 nitrogen and oxygen atoms in total. The van der Waals surface area contributed by atoms with Crippen LogP contribution in [0.25, 0.3) is 10.9 Å². The monoisotopic (exact) mass is 1900 g/mol. The number of rotatable bonds is 13. The summed E-state index contributed by atoms with van der Waals surface area (Å²) in [5.41, 5.74) is 10.2. The Labute approximate surface area is 820 Å². The maximum atomic E-state index is 12.7. The highest BCUT2D eigenvalue weighted by Gasteiger charge is 2.84. The van der Waals surface area contributed by atoms with Gasteiger partial charge in [-0.25, -0.2) is 0 Å². The molecule has 11 heterocycles. The number of piperidine rings is 5. The summed E-state index contributed by atoms with van der Waals surface area (Å²) in [5, 5.41) is 112. The van der Waals surface area contributed by atoms with Gasteiger partial charge in [-0.15, -0.1) is 6.58 Å². The molecule has 17 aliphatic carbocycles. The molecule has 13 fully saturated rings. The maximum Gasteiger partial charge on any atom is 0.174 e. The minimum Gasteiger partial charge on any atom is -0.504 e. The molecule has 25 atom stereocenters. The van der Waals surface area contributed by atoms with Crippen LogP contribution in [0.15, 0.2) is 122 Å². The predicted octanol–water partition coefficient (Wildman–Crippen LogP) is 14.3. The molecule has 6 aromatic carbocycles. The fourth-order valence-electron chi connectivity index (χ4n) is 37.6. The second-order valence-electron chi connectivity index (χ2n) is 50.5. The average Bonchev–Trinajstić information content (AvgIpc) is 1.36. The number of H-pyrrole nitrogens is 1. The van der Waals surface area contributed by atoms with E-state index in [1.807, 2.05) is 70.2 Å². The molecular formula is C117H140N6O17. The Morgan fingerprint density at radius 2 is 0.971 bits per heavy atom. The lowest BCUT2D eigenvalue weighted by Gasteiger charge is -2.75. The number of para-hydroxylation sites is 1. The fourth-order valence-corrected chi connectivity index (χ4v) is 37.6. The number of ether oxygens (including phenoxy) is 6. The number of Topliss-reactive ketones (excluding diaryl/α,β-unsaturated/α-hetero) is 1. The highest BCUT2D eigenvalue weighted by Crippen LogP contribution is 2.82. The van der Waals surface area contributed by atoms with Crippen molar-refractivity contribution in [3.05, 3.63) is 189 Å². The lowest BCUT2D eigenvalue weighted by molar-refractivity contribution is -0.260. The standard InChI is InChI=1S/C26H26N2O3.C26H35NO3.C26H33NO3.C20H23NO3.C19H23NO5/c29-19-8-7-15-11-20-26(30)12-17-16-3-1-2-4-18(16)27-22(17)24-25(26,21(15)23(19)31-24)9-10-28(20)13-14-5-6-14;2*1-23(2,29)18-13-25-9-8-24(18,3)22-26(25)10-11-27(14-15-4-5-15)19(25)12-16-6-7-17(28)21(30-22)20(16)26;1-3-9-21-10-8-20-16-12-4-5-13(22)17(16)24-18(20)14(23)6-7-19(20,2)15(21)11-12;1-24-9-8-20-7-6-18-15-11-2-3-12(21)16(15)25-17(18)13(22)4-5-19(18,23)14(20)10-11/h1-4,7-8,14,20,24,27,29-30H,5-6,9-13H2;6-7,15,18-19,22,28-29H,4-5,8-14H2,1-3H3;6-9,15,18-19,22,28-29H,4-5,10-14H2,1-3H3;3-7,14-15,18,22-23H,1,8-11H2,2H3;2-3,14,17,21,23H,4-10H2,1H3/t20-,24+,25+,26-;2*18-,19-,22+,24+,25-,26+;14-,15+,18-,19-,20-;14?,17-,18-,19+/m11100/s1. The number of likely N-dealkylation sites (tertiary alicyclic amines) is 5. The van der Waals surface area contributed by atoms with Crippen molar-refractivity contribution in [2.45, 2.75) is 312 Å². The zero-order valence-corrected chi connectivity index (χ0v) is 82.5. The molecule has 23 heteroatoms. The first-order valence-corrected chi connectivity index (χ1v) is 53.6. The maximum absolute atomic E-state index is 12.7. The van der Waals surface area contributed by atoms with E-state index in [-0.39, 0.29) is 120 Å². The van der Waals surface area contributed by atoms with E-state index in [1.165, 1.54) is 102 Å². The largest absolute Gasteiger partial charge is 0.504 e. The van der Waals surface area contributed by atoms with Gasteiger partial charge in [0.05, 0.1) is 50.9 Å². The van der Waals surface area contributed by atoms with Gasteiger partial charge in [0.15, 0.2) is 75.5 Å². The van der Waals surface area contributed by atoms with Crippen molar-refractivity contribution < 1.29 is 84.3 Å². The van der Waals surface area contributed by atoms with Crippen molar-refractivity contribution >= 4 is 16.7 Å². The Balaban J connectivity index is 0.0000000862. The van der Waals surface area contributed by atoms with Gasteiger partial charge < -0.3 is 84.5 Å². The number of aromatic hydroxyl groups is 5. The lowest BCUT2D eigenvalue weighted by atomic mass is 9.32. The highest BCUT2D eigenvalue weighted by molar-refractivity contribution is 5.90. The second-order valence-corrected chi connectivity index (χ2v) is 50.5.